The molecular weight excluding hydrogens is 244 g/mol. The van der Waals surface area contributed by atoms with Crippen LogP contribution < -0.4 is 4.72 Å². The van der Waals surface area contributed by atoms with E-state index in [0.29, 0.717) is 6.54 Å². The third kappa shape index (κ3) is 3.96. The largest absolute Gasteiger partial charge is 0.225 e. The minimum absolute atomic E-state index is 0.0424. The SMILES string of the molecule is CSC1(CNS(=O)(=O)CC#N)CCCCC1. The number of hydrogen-bond donors (Lipinski definition) is 1. The third-order valence-electron chi connectivity index (χ3n) is 3.07. The molecule has 1 rings (SSSR count). The molecule has 0 radical (unpaired) electrons. The van der Waals surface area contributed by atoms with Crippen molar-refractivity contribution in [2.75, 3.05) is 18.6 Å². The fraction of sp³-hybridized carbons (Fsp3) is 0.900. The Morgan fingerprint density at radius 2 is 2.00 bits per heavy atom. The maximum atomic E-state index is 11.4. The second-order valence-electron chi connectivity index (χ2n) is 4.19. The first kappa shape index (κ1) is 13.8. The minimum Gasteiger partial charge on any atom is -0.213 e. The summed E-state index contributed by atoms with van der Waals surface area (Å²) in [6, 6.07) is 1.67. The van der Waals surface area contributed by atoms with Crippen LogP contribution in [0.5, 0.6) is 0 Å². The van der Waals surface area contributed by atoms with Crippen LogP contribution in [-0.4, -0.2) is 31.7 Å². The smallest absolute Gasteiger partial charge is 0.213 e. The highest BCUT2D eigenvalue weighted by Gasteiger charge is 2.32. The van der Waals surface area contributed by atoms with Crippen molar-refractivity contribution in [1.29, 1.82) is 5.26 Å². The van der Waals surface area contributed by atoms with Gasteiger partial charge >= 0.3 is 0 Å². The van der Waals surface area contributed by atoms with Crippen LogP contribution in [0.1, 0.15) is 32.1 Å². The lowest BCUT2D eigenvalue weighted by Gasteiger charge is -2.35. The number of rotatable bonds is 5. The molecule has 0 aliphatic heterocycles. The number of thioether (sulfide) groups is 1. The first-order chi connectivity index (χ1) is 7.54. The molecule has 0 aromatic heterocycles. The molecule has 0 atom stereocenters. The Morgan fingerprint density at radius 3 is 2.50 bits per heavy atom. The Bertz CT molecular complexity index is 354. The van der Waals surface area contributed by atoms with Gasteiger partial charge in [0.05, 0.1) is 6.07 Å². The molecule has 1 fully saturated rings. The first-order valence-electron chi connectivity index (χ1n) is 5.43. The Labute approximate surface area is 102 Å². The number of nitriles is 1. The van der Waals surface area contributed by atoms with Gasteiger partial charge in [0, 0.05) is 11.3 Å². The third-order valence-corrected chi connectivity index (χ3v) is 5.58. The zero-order valence-electron chi connectivity index (χ0n) is 9.53. The molecule has 0 bridgehead atoms. The molecule has 0 unspecified atom stereocenters. The molecule has 1 saturated carbocycles. The topological polar surface area (TPSA) is 70.0 Å². The number of sulfonamides is 1. The van der Waals surface area contributed by atoms with E-state index in [4.69, 9.17) is 5.26 Å². The fourth-order valence-corrected chi connectivity index (χ4v) is 3.80. The van der Waals surface area contributed by atoms with Gasteiger partial charge in [0.1, 0.15) is 0 Å². The van der Waals surface area contributed by atoms with Crippen LogP contribution in [0.3, 0.4) is 0 Å². The second-order valence-corrected chi connectivity index (χ2v) is 7.27. The molecule has 0 amide bonds. The standard InChI is InChI=1S/C10H18N2O2S2/c1-15-10(5-3-2-4-6-10)9-12-16(13,14)8-7-11/h12H,2-6,8-9H2,1H3. The van der Waals surface area contributed by atoms with Crippen LogP contribution in [0.4, 0.5) is 0 Å². The Kier molecular flexibility index (Phi) is 5.09. The lowest BCUT2D eigenvalue weighted by atomic mass is 9.88. The van der Waals surface area contributed by atoms with Gasteiger partial charge in [-0.1, -0.05) is 19.3 Å². The maximum Gasteiger partial charge on any atom is 0.225 e. The fourth-order valence-electron chi connectivity index (χ4n) is 2.03. The predicted molar refractivity (Wildman–Crippen MR) is 66.7 cm³/mol. The zero-order chi connectivity index (χ0) is 12.1. The Balaban J connectivity index is 2.55. The summed E-state index contributed by atoms with van der Waals surface area (Å²) in [7, 11) is -3.40. The van der Waals surface area contributed by atoms with Crippen LogP contribution in [-0.2, 0) is 10.0 Å². The van der Waals surface area contributed by atoms with Crippen molar-refractivity contribution in [2.45, 2.75) is 36.9 Å². The molecular formula is C10H18N2O2S2. The monoisotopic (exact) mass is 262 g/mol. The van der Waals surface area contributed by atoms with Gasteiger partial charge in [-0.25, -0.2) is 13.1 Å². The van der Waals surface area contributed by atoms with Crippen molar-refractivity contribution in [2.24, 2.45) is 0 Å². The van der Waals surface area contributed by atoms with Crippen LogP contribution in [0.2, 0.25) is 0 Å². The van der Waals surface area contributed by atoms with Gasteiger partial charge in [0.25, 0.3) is 0 Å². The quantitative estimate of drug-likeness (QED) is 0.815. The molecule has 4 nitrogen and oxygen atoms in total. The van der Waals surface area contributed by atoms with E-state index >= 15 is 0 Å². The second kappa shape index (κ2) is 5.89. The molecule has 1 aliphatic carbocycles. The minimum atomic E-state index is -3.40. The van der Waals surface area contributed by atoms with Crippen LogP contribution in [0.15, 0.2) is 0 Å². The Morgan fingerprint density at radius 1 is 1.38 bits per heavy atom. The van der Waals surface area contributed by atoms with Crippen LogP contribution in [0, 0.1) is 11.3 Å². The predicted octanol–water partition coefficient (Wildman–Crippen LogP) is 1.50. The number of nitrogens with one attached hydrogen (secondary N) is 1. The summed E-state index contributed by atoms with van der Waals surface area (Å²) in [5, 5.41) is 8.39. The molecule has 0 saturated heterocycles. The highest BCUT2D eigenvalue weighted by Crippen LogP contribution is 2.38. The molecule has 6 heteroatoms. The van der Waals surface area contributed by atoms with E-state index in [2.05, 4.69) is 4.72 Å². The molecule has 0 aromatic carbocycles. The van der Waals surface area contributed by atoms with Crippen molar-refractivity contribution in [3.63, 3.8) is 0 Å². The molecule has 0 spiro atoms. The maximum absolute atomic E-state index is 11.4. The van der Waals surface area contributed by atoms with Gasteiger partial charge in [-0.15, -0.1) is 0 Å². The summed E-state index contributed by atoms with van der Waals surface area (Å²) >= 11 is 1.74. The van der Waals surface area contributed by atoms with Gasteiger partial charge in [-0.2, -0.15) is 17.0 Å². The zero-order valence-corrected chi connectivity index (χ0v) is 11.2. The number of nitrogens with zero attached hydrogens (tertiary/aromatic N) is 1. The van der Waals surface area contributed by atoms with Gasteiger partial charge < -0.3 is 0 Å². The van der Waals surface area contributed by atoms with E-state index in [1.807, 2.05) is 6.26 Å². The average molecular weight is 262 g/mol. The lowest BCUT2D eigenvalue weighted by molar-refractivity contribution is 0.395. The summed E-state index contributed by atoms with van der Waals surface area (Å²) in [5.41, 5.74) is 0. The summed E-state index contributed by atoms with van der Waals surface area (Å²) in [6.07, 6.45) is 7.73. The van der Waals surface area contributed by atoms with E-state index in [0.717, 1.165) is 12.8 Å². The summed E-state index contributed by atoms with van der Waals surface area (Å²) < 4.78 is 25.4. The highest BCUT2D eigenvalue weighted by atomic mass is 32.2. The van der Waals surface area contributed by atoms with E-state index in [-0.39, 0.29) is 4.75 Å². The summed E-state index contributed by atoms with van der Waals surface area (Å²) in [5.74, 6) is -0.447. The molecule has 16 heavy (non-hydrogen) atoms. The molecule has 0 heterocycles. The lowest BCUT2D eigenvalue weighted by Crippen LogP contribution is -2.42. The van der Waals surface area contributed by atoms with Crippen LogP contribution in [0.25, 0.3) is 0 Å². The van der Waals surface area contributed by atoms with E-state index < -0.39 is 15.8 Å². The molecule has 92 valence electrons. The molecule has 1 aliphatic rings. The van der Waals surface area contributed by atoms with E-state index in [1.54, 1.807) is 17.8 Å². The Hall–Kier alpha value is -0.250. The van der Waals surface area contributed by atoms with Crippen molar-refractivity contribution >= 4 is 21.8 Å². The van der Waals surface area contributed by atoms with Gasteiger partial charge in [0.2, 0.25) is 10.0 Å². The van der Waals surface area contributed by atoms with Crippen molar-refractivity contribution in [3.05, 3.63) is 0 Å². The van der Waals surface area contributed by atoms with Crippen LogP contribution >= 0.6 is 11.8 Å². The first-order valence-corrected chi connectivity index (χ1v) is 8.31. The van der Waals surface area contributed by atoms with Crippen molar-refractivity contribution in [3.8, 4) is 6.07 Å². The van der Waals surface area contributed by atoms with Gasteiger partial charge in [-0.05, 0) is 19.1 Å². The van der Waals surface area contributed by atoms with Gasteiger partial charge in [0.15, 0.2) is 5.75 Å². The average Bonchev–Trinajstić information content (AvgIpc) is 2.28. The van der Waals surface area contributed by atoms with Crippen molar-refractivity contribution < 1.29 is 8.42 Å². The van der Waals surface area contributed by atoms with E-state index in [1.165, 1.54) is 19.3 Å². The van der Waals surface area contributed by atoms with Gasteiger partial charge in [-0.3, -0.25) is 0 Å². The molecule has 0 aromatic rings. The van der Waals surface area contributed by atoms with Crippen molar-refractivity contribution in [1.82, 2.24) is 4.72 Å². The molecule has 1 N–H and O–H groups in total. The summed E-state index contributed by atoms with van der Waals surface area (Å²) in [6.45, 7) is 0.457. The summed E-state index contributed by atoms with van der Waals surface area (Å²) in [4.78, 5) is 0. The normalized spacial score (nSPS) is 20.2. The number of hydrogen-bond acceptors (Lipinski definition) is 4. The van der Waals surface area contributed by atoms with E-state index in [9.17, 15) is 8.42 Å². The highest BCUT2D eigenvalue weighted by molar-refractivity contribution is 8.00.